The first-order valence-corrected chi connectivity index (χ1v) is 9.11. The van der Waals surface area contributed by atoms with Crippen LogP contribution in [-0.2, 0) is 16.8 Å². The summed E-state index contributed by atoms with van der Waals surface area (Å²) in [6.07, 6.45) is 3.54. The van der Waals surface area contributed by atoms with Crippen LogP contribution in [0.4, 0.5) is 0 Å². The molecule has 25 heavy (non-hydrogen) atoms. The fourth-order valence-corrected chi connectivity index (χ4v) is 3.59. The molecule has 0 radical (unpaired) electrons. The van der Waals surface area contributed by atoms with Crippen LogP contribution in [0.25, 0.3) is 0 Å². The number of aryl methyl sites for hydroxylation is 1. The SMILES string of the molecule is Cc1cccc(=O)n1CCCNC(=O)C1(c2ccc(Cl)cc2)CCC1. The molecule has 1 amide bonds. The first-order valence-electron chi connectivity index (χ1n) is 8.74. The normalized spacial score (nSPS) is 15.4. The smallest absolute Gasteiger partial charge is 0.250 e. The highest BCUT2D eigenvalue weighted by Gasteiger charge is 2.45. The Morgan fingerprint density at radius 1 is 1.20 bits per heavy atom. The summed E-state index contributed by atoms with van der Waals surface area (Å²) in [7, 11) is 0. The van der Waals surface area contributed by atoms with E-state index in [4.69, 9.17) is 11.6 Å². The number of halogens is 1. The van der Waals surface area contributed by atoms with E-state index in [1.807, 2.05) is 37.3 Å². The van der Waals surface area contributed by atoms with E-state index in [9.17, 15) is 9.59 Å². The number of nitrogens with zero attached hydrogens (tertiary/aromatic N) is 1. The molecule has 1 aliphatic carbocycles. The molecule has 0 saturated heterocycles. The molecule has 1 saturated carbocycles. The van der Waals surface area contributed by atoms with Crippen LogP contribution >= 0.6 is 11.6 Å². The van der Waals surface area contributed by atoms with Crippen molar-refractivity contribution in [2.75, 3.05) is 6.54 Å². The van der Waals surface area contributed by atoms with E-state index in [1.165, 1.54) is 0 Å². The lowest BCUT2D eigenvalue weighted by atomic mass is 9.64. The maximum atomic E-state index is 12.8. The summed E-state index contributed by atoms with van der Waals surface area (Å²) >= 11 is 5.96. The summed E-state index contributed by atoms with van der Waals surface area (Å²) < 4.78 is 1.74. The first kappa shape index (κ1) is 17.7. The molecule has 132 valence electrons. The molecule has 5 heteroatoms. The van der Waals surface area contributed by atoms with Crippen LogP contribution in [0.15, 0.2) is 47.3 Å². The lowest BCUT2D eigenvalue weighted by molar-refractivity contribution is -0.129. The molecule has 0 spiro atoms. The van der Waals surface area contributed by atoms with Crippen molar-refractivity contribution in [1.29, 1.82) is 0 Å². The second-order valence-electron chi connectivity index (χ2n) is 6.71. The number of nitrogens with one attached hydrogen (secondary N) is 1. The van der Waals surface area contributed by atoms with Gasteiger partial charge in [-0.2, -0.15) is 0 Å². The van der Waals surface area contributed by atoms with Gasteiger partial charge in [0, 0.05) is 29.9 Å². The van der Waals surface area contributed by atoms with Crippen molar-refractivity contribution in [3.63, 3.8) is 0 Å². The highest BCUT2D eigenvalue weighted by Crippen LogP contribution is 2.44. The zero-order valence-corrected chi connectivity index (χ0v) is 15.2. The van der Waals surface area contributed by atoms with Gasteiger partial charge >= 0.3 is 0 Å². The highest BCUT2D eigenvalue weighted by molar-refractivity contribution is 6.30. The minimum atomic E-state index is -0.413. The van der Waals surface area contributed by atoms with Crippen LogP contribution in [0.1, 0.15) is 36.9 Å². The third kappa shape index (κ3) is 3.64. The van der Waals surface area contributed by atoms with Gasteiger partial charge in [-0.1, -0.05) is 36.2 Å². The van der Waals surface area contributed by atoms with E-state index in [0.29, 0.717) is 18.1 Å². The number of pyridine rings is 1. The van der Waals surface area contributed by atoms with E-state index in [0.717, 1.165) is 36.9 Å². The largest absolute Gasteiger partial charge is 0.355 e. The van der Waals surface area contributed by atoms with Crippen LogP contribution < -0.4 is 10.9 Å². The van der Waals surface area contributed by atoms with Crippen molar-refractivity contribution < 1.29 is 4.79 Å². The quantitative estimate of drug-likeness (QED) is 0.804. The number of carbonyl (C=O) groups excluding carboxylic acids is 1. The number of hydrogen-bond donors (Lipinski definition) is 1. The molecule has 1 aliphatic rings. The Balaban J connectivity index is 1.58. The lowest BCUT2D eigenvalue weighted by Gasteiger charge is -2.40. The predicted molar refractivity (Wildman–Crippen MR) is 100 cm³/mol. The van der Waals surface area contributed by atoms with E-state index in [1.54, 1.807) is 16.7 Å². The van der Waals surface area contributed by atoms with E-state index in [2.05, 4.69) is 5.32 Å². The molecule has 1 heterocycles. The van der Waals surface area contributed by atoms with Gasteiger partial charge in [0.2, 0.25) is 5.91 Å². The molecule has 1 fully saturated rings. The number of rotatable bonds is 6. The number of aromatic nitrogens is 1. The summed E-state index contributed by atoms with van der Waals surface area (Å²) in [5.74, 6) is 0.0817. The van der Waals surface area contributed by atoms with Gasteiger partial charge in [-0.25, -0.2) is 0 Å². The molecule has 0 bridgehead atoms. The maximum absolute atomic E-state index is 12.8. The van der Waals surface area contributed by atoms with Crippen molar-refractivity contribution in [1.82, 2.24) is 9.88 Å². The topological polar surface area (TPSA) is 51.1 Å². The number of benzene rings is 1. The van der Waals surface area contributed by atoms with Gasteiger partial charge in [-0.05, 0) is 49.9 Å². The van der Waals surface area contributed by atoms with Gasteiger partial charge in [0.05, 0.1) is 5.41 Å². The summed E-state index contributed by atoms with van der Waals surface area (Å²) in [5, 5.41) is 3.74. The Bertz CT molecular complexity index is 807. The second-order valence-corrected chi connectivity index (χ2v) is 7.15. The van der Waals surface area contributed by atoms with Crippen molar-refractivity contribution in [2.45, 2.75) is 44.6 Å². The number of hydrogen-bond acceptors (Lipinski definition) is 2. The Labute approximate surface area is 152 Å². The maximum Gasteiger partial charge on any atom is 0.250 e. The molecule has 0 atom stereocenters. The van der Waals surface area contributed by atoms with Gasteiger partial charge in [0.25, 0.3) is 5.56 Å². The van der Waals surface area contributed by atoms with Crippen molar-refractivity contribution in [2.24, 2.45) is 0 Å². The standard InChI is InChI=1S/C20H23ClN2O2/c1-15-5-2-6-18(24)23(15)14-4-13-22-19(25)20(11-3-12-20)16-7-9-17(21)10-8-16/h2,5-10H,3-4,11-14H2,1H3,(H,22,25). The minimum Gasteiger partial charge on any atom is -0.355 e. The molecule has 4 nitrogen and oxygen atoms in total. The van der Waals surface area contributed by atoms with Gasteiger partial charge in [-0.15, -0.1) is 0 Å². The number of amides is 1. The van der Waals surface area contributed by atoms with Crippen LogP contribution in [-0.4, -0.2) is 17.0 Å². The molecule has 3 rings (SSSR count). The summed E-state index contributed by atoms with van der Waals surface area (Å²) in [6, 6.07) is 12.8. The molecule has 2 aromatic rings. The van der Waals surface area contributed by atoms with Crippen LogP contribution in [0.3, 0.4) is 0 Å². The summed E-state index contributed by atoms with van der Waals surface area (Å²) in [5.41, 5.74) is 1.57. The molecular formula is C20H23ClN2O2. The molecule has 0 unspecified atom stereocenters. The Morgan fingerprint density at radius 2 is 1.92 bits per heavy atom. The van der Waals surface area contributed by atoms with E-state index in [-0.39, 0.29) is 11.5 Å². The van der Waals surface area contributed by atoms with Crippen LogP contribution in [0.2, 0.25) is 5.02 Å². The fourth-order valence-electron chi connectivity index (χ4n) is 3.46. The van der Waals surface area contributed by atoms with Crippen molar-refractivity contribution in [3.8, 4) is 0 Å². The molecule has 0 aliphatic heterocycles. The molecule has 1 aromatic heterocycles. The van der Waals surface area contributed by atoms with E-state index >= 15 is 0 Å². The average molecular weight is 359 g/mol. The third-order valence-electron chi connectivity index (χ3n) is 5.15. The zero-order valence-electron chi connectivity index (χ0n) is 14.4. The molecular weight excluding hydrogens is 336 g/mol. The predicted octanol–water partition coefficient (Wildman–Crippen LogP) is 3.44. The first-order chi connectivity index (χ1) is 12.0. The minimum absolute atomic E-state index is 0.00274. The Morgan fingerprint density at radius 3 is 2.52 bits per heavy atom. The monoisotopic (exact) mass is 358 g/mol. The lowest BCUT2D eigenvalue weighted by Crippen LogP contribution is -2.49. The average Bonchev–Trinajstić information content (AvgIpc) is 2.54. The van der Waals surface area contributed by atoms with Crippen LogP contribution in [0.5, 0.6) is 0 Å². The molecule has 1 N–H and O–H groups in total. The second kappa shape index (κ2) is 7.44. The van der Waals surface area contributed by atoms with Crippen LogP contribution in [0, 0.1) is 6.92 Å². The van der Waals surface area contributed by atoms with Crippen molar-refractivity contribution >= 4 is 17.5 Å². The third-order valence-corrected chi connectivity index (χ3v) is 5.40. The van der Waals surface area contributed by atoms with Gasteiger partial charge < -0.3 is 9.88 Å². The van der Waals surface area contributed by atoms with Gasteiger partial charge in [0.1, 0.15) is 0 Å². The summed E-state index contributed by atoms with van der Waals surface area (Å²) in [4.78, 5) is 24.6. The fraction of sp³-hybridized carbons (Fsp3) is 0.400. The molecule has 1 aromatic carbocycles. The van der Waals surface area contributed by atoms with Gasteiger partial charge in [0.15, 0.2) is 0 Å². The number of carbonyl (C=O) groups is 1. The Kier molecular flexibility index (Phi) is 5.28. The van der Waals surface area contributed by atoms with Crippen molar-refractivity contribution in [3.05, 3.63) is 69.1 Å². The summed E-state index contributed by atoms with van der Waals surface area (Å²) in [6.45, 7) is 3.10. The zero-order chi connectivity index (χ0) is 17.9. The van der Waals surface area contributed by atoms with Gasteiger partial charge in [-0.3, -0.25) is 9.59 Å². The highest BCUT2D eigenvalue weighted by atomic mass is 35.5. The van der Waals surface area contributed by atoms with E-state index < -0.39 is 5.41 Å². The Hall–Kier alpha value is -2.07.